The molecule has 0 aliphatic heterocycles. The molecule has 0 radical (unpaired) electrons. The normalized spacial score (nSPS) is 10.2. The van der Waals surface area contributed by atoms with Gasteiger partial charge in [-0.2, -0.15) is 0 Å². The van der Waals surface area contributed by atoms with Gasteiger partial charge in [-0.1, -0.05) is 6.07 Å². The molecule has 0 saturated carbocycles. The number of pyridine rings is 1. The van der Waals surface area contributed by atoms with Gasteiger partial charge in [0.05, 0.1) is 0 Å². The van der Waals surface area contributed by atoms with Gasteiger partial charge in [0, 0.05) is 24.6 Å². The van der Waals surface area contributed by atoms with Gasteiger partial charge in [-0.15, -0.1) is 0 Å². The first-order valence-corrected chi connectivity index (χ1v) is 5.42. The van der Waals surface area contributed by atoms with E-state index in [9.17, 15) is 0 Å². The fraction of sp³-hybridized carbons (Fsp3) is 0.214. The highest BCUT2D eigenvalue weighted by Gasteiger charge is 2.02. The van der Waals surface area contributed by atoms with Crippen molar-refractivity contribution in [3.8, 4) is 11.1 Å². The third kappa shape index (κ3) is 2.06. The zero-order valence-electron chi connectivity index (χ0n) is 9.91. The van der Waals surface area contributed by atoms with Gasteiger partial charge in [0.15, 0.2) is 0 Å². The summed E-state index contributed by atoms with van der Waals surface area (Å²) in [6.07, 6.45) is 1.86. The fourth-order valence-electron chi connectivity index (χ4n) is 1.86. The van der Waals surface area contributed by atoms with Crippen molar-refractivity contribution in [1.29, 1.82) is 0 Å². The highest BCUT2D eigenvalue weighted by atomic mass is 14.8. The van der Waals surface area contributed by atoms with Crippen LogP contribution in [0.25, 0.3) is 11.1 Å². The summed E-state index contributed by atoms with van der Waals surface area (Å²) in [5, 5.41) is 3.15. The number of benzene rings is 1. The molecule has 0 aliphatic rings. The molecular formula is C14H16N2. The van der Waals surface area contributed by atoms with Crippen LogP contribution in [0.4, 0.5) is 5.69 Å². The summed E-state index contributed by atoms with van der Waals surface area (Å²) in [5.74, 6) is 0. The molecule has 0 aliphatic carbocycles. The molecule has 16 heavy (non-hydrogen) atoms. The molecule has 1 N–H and O–H groups in total. The molecule has 0 spiro atoms. The van der Waals surface area contributed by atoms with E-state index in [2.05, 4.69) is 41.5 Å². The Bertz CT molecular complexity index is 504. The van der Waals surface area contributed by atoms with Gasteiger partial charge >= 0.3 is 0 Å². The van der Waals surface area contributed by atoms with E-state index in [0.29, 0.717) is 0 Å². The van der Waals surface area contributed by atoms with Crippen molar-refractivity contribution < 1.29 is 0 Å². The second kappa shape index (κ2) is 4.35. The molecule has 82 valence electrons. The summed E-state index contributed by atoms with van der Waals surface area (Å²) < 4.78 is 0. The van der Waals surface area contributed by atoms with E-state index in [-0.39, 0.29) is 0 Å². The number of aryl methyl sites for hydroxylation is 2. The first-order valence-electron chi connectivity index (χ1n) is 5.42. The Morgan fingerprint density at radius 2 is 1.88 bits per heavy atom. The predicted octanol–water partition coefficient (Wildman–Crippen LogP) is 3.41. The van der Waals surface area contributed by atoms with Crippen molar-refractivity contribution >= 4 is 5.69 Å². The lowest BCUT2D eigenvalue weighted by molar-refractivity contribution is 1.20. The summed E-state index contributed by atoms with van der Waals surface area (Å²) in [5.41, 5.74) is 5.97. The van der Waals surface area contributed by atoms with E-state index in [4.69, 9.17) is 0 Å². The number of rotatable bonds is 2. The van der Waals surface area contributed by atoms with E-state index >= 15 is 0 Å². The minimum absolute atomic E-state index is 1.05. The number of hydrogen-bond acceptors (Lipinski definition) is 2. The highest BCUT2D eigenvalue weighted by Crippen LogP contribution is 2.25. The first-order chi connectivity index (χ1) is 7.70. The Morgan fingerprint density at radius 3 is 2.50 bits per heavy atom. The molecule has 2 aromatic rings. The number of aromatic nitrogens is 1. The molecule has 1 aromatic heterocycles. The molecule has 2 rings (SSSR count). The van der Waals surface area contributed by atoms with Gasteiger partial charge < -0.3 is 5.32 Å². The van der Waals surface area contributed by atoms with E-state index in [1.165, 1.54) is 16.7 Å². The third-order valence-corrected chi connectivity index (χ3v) is 2.72. The molecule has 2 heteroatoms. The smallest absolute Gasteiger partial charge is 0.0378 e. The lowest BCUT2D eigenvalue weighted by Crippen LogP contribution is -1.91. The van der Waals surface area contributed by atoms with Crippen molar-refractivity contribution in [2.45, 2.75) is 13.8 Å². The molecule has 1 aromatic carbocycles. The lowest BCUT2D eigenvalue weighted by Gasteiger charge is -2.09. The Labute approximate surface area is 96.4 Å². The maximum Gasteiger partial charge on any atom is 0.0378 e. The van der Waals surface area contributed by atoms with Crippen molar-refractivity contribution in [3.63, 3.8) is 0 Å². The second-order valence-corrected chi connectivity index (χ2v) is 3.97. The third-order valence-electron chi connectivity index (χ3n) is 2.72. The molecule has 0 unspecified atom stereocenters. The topological polar surface area (TPSA) is 24.9 Å². The average Bonchev–Trinajstić information content (AvgIpc) is 2.28. The van der Waals surface area contributed by atoms with Crippen LogP contribution in [0.2, 0.25) is 0 Å². The Balaban J connectivity index is 2.48. The molecule has 0 atom stereocenters. The number of nitrogens with zero attached hydrogens (tertiary/aromatic N) is 1. The van der Waals surface area contributed by atoms with Crippen LogP contribution in [-0.4, -0.2) is 12.0 Å². The van der Waals surface area contributed by atoms with Crippen LogP contribution in [0.15, 0.2) is 36.5 Å². The molecule has 1 heterocycles. The van der Waals surface area contributed by atoms with Crippen molar-refractivity contribution in [2.24, 2.45) is 0 Å². The summed E-state index contributed by atoms with van der Waals surface area (Å²) in [6, 6.07) is 10.6. The second-order valence-electron chi connectivity index (χ2n) is 3.97. The molecule has 0 bridgehead atoms. The van der Waals surface area contributed by atoms with Gasteiger partial charge in [-0.3, -0.25) is 4.98 Å². The van der Waals surface area contributed by atoms with Gasteiger partial charge in [0.2, 0.25) is 0 Å². The Hall–Kier alpha value is -1.83. The van der Waals surface area contributed by atoms with Crippen LogP contribution in [0.5, 0.6) is 0 Å². The van der Waals surface area contributed by atoms with Crippen molar-refractivity contribution in [1.82, 2.24) is 4.98 Å². The summed E-state index contributed by atoms with van der Waals surface area (Å²) >= 11 is 0. The molecule has 0 amide bonds. The van der Waals surface area contributed by atoms with Crippen molar-refractivity contribution in [3.05, 3.63) is 47.8 Å². The largest absolute Gasteiger partial charge is 0.388 e. The van der Waals surface area contributed by atoms with Crippen LogP contribution in [0.1, 0.15) is 11.3 Å². The van der Waals surface area contributed by atoms with Crippen LogP contribution >= 0.6 is 0 Å². The van der Waals surface area contributed by atoms with E-state index in [0.717, 1.165) is 11.4 Å². The SMILES string of the molecule is CNc1ccc(-c2ccnc(C)c2)c(C)c1. The van der Waals surface area contributed by atoms with Gasteiger partial charge in [0.1, 0.15) is 0 Å². The van der Waals surface area contributed by atoms with Crippen LogP contribution in [0.3, 0.4) is 0 Å². The Morgan fingerprint density at radius 1 is 1.06 bits per heavy atom. The number of anilines is 1. The van der Waals surface area contributed by atoms with E-state index in [1.807, 2.05) is 26.2 Å². The summed E-state index contributed by atoms with van der Waals surface area (Å²) in [7, 11) is 1.94. The zero-order chi connectivity index (χ0) is 11.5. The predicted molar refractivity (Wildman–Crippen MR) is 68.7 cm³/mol. The highest BCUT2D eigenvalue weighted by molar-refractivity contribution is 5.70. The van der Waals surface area contributed by atoms with Crippen molar-refractivity contribution in [2.75, 3.05) is 12.4 Å². The van der Waals surface area contributed by atoms with Crippen LogP contribution in [0, 0.1) is 13.8 Å². The average molecular weight is 212 g/mol. The zero-order valence-corrected chi connectivity index (χ0v) is 9.91. The monoisotopic (exact) mass is 212 g/mol. The standard InChI is InChI=1S/C14H16N2/c1-10-8-13(15-3)4-5-14(10)12-6-7-16-11(2)9-12/h4-9,15H,1-3H3. The molecule has 0 fully saturated rings. The molecule has 2 nitrogen and oxygen atoms in total. The maximum absolute atomic E-state index is 4.22. The van der Waals surface area contributed by atoms with Gasteiger partial charge in [-0.05, 0) is 54.8 Å². The van der Waals surface area contributed by atoms with Crippen LogP contribution < -0.4 is 5.32 Å². The molecular weight excluding hydrogens is 196 g/mol. The Kier molecular flexibility index (Phi) is 2.91. The lowest BCUT2D eigenvalue weighted by atomic mass is 10.0. The van der Waals surface area contributed by atoms with Crippen LogP contribution in [-0.2, 0) is 0 Å². The quantitative estimate of drug-likeness (QED) is 0.825. The van der Waals surface area contributed by atoms with E-state index in [1.54, 1.807) is 0 Å². The molecule has 0 saturated heterocycles. The minimum Gasteiger partial charge on any atom is -0.388 e. The number of hydrogen-bond donors (Lipinski definition) is 1. The van der Waals surface area contributed by atoms with Gasteiger partial charge in [0.25, 0.3) is 0 Å². The minimum atomic E-state index is 1.05. The van der Waals surface area contributed by atoms with Gasteiger partial charge in [-0.25, -0.2) is 0 Å². The van der Waals surface area contributed by atoms with E-state index < -0.39 is 0 Å². The fourth-order valence-corrected chi connectivity index (χ4v) is 1.86. The summed E-state index contributed by atoms with van der Waals surface area (Å²) in [4.78, 5) is 4.22. The first kappa shape index (κ1) is 10.7. The summed E-state index contributed by atoms with van der Waals surface area (Å²) in [6.45, 7) is 4.15. The number of nitrogens with one attached hydrogen (secondary N) is 1. The maximum atomic E-state index is 4.22.